The number of hydrogen-bond donors (Lipinski definition) is 3. The predicted molar refractivity (Wildman–Crippen MR) is 80.4 cm³/mol. The minimum atomic E-state index is -1.15. The van der Waals surface area contributed by atoms with E-state index in [2.05, 4.69) is 5.32 Å². The number of aryl methyl sites for hydroxylation is 1. The van der Waals surface area contributed by atoms with Crippen LogP contribution in [0.1, 0.15) is 31.8 Å². The number of carbonyl (C=O) groups excluding carboxylic acids is 1. The van der Waals surface area contributed by atoms with E-state index in [0.29, 0.717) is 11.1 Å². The third-order valence-corrected chi connectivity index (χ3v) is 2.97. The van der Waals surface area contributed by atoms with Gasteiger partial charge in [-0.3, -0.25) is 4.79 Å². The molecule has 5 heteroatoms. The maximum absolute atomic E-state index is 12.1. The number of nitrogens with one attached hydrogen (secondary N) is 2. The topological polar surface area (TPSA) is 90.3 Å². The van der Waals surface area contributed by atoms with Crippen molar-refractivity contribution in [3.05, 3.63) is 64.7 Å². The van der Waals surface area contributed by atoms with E-state index in [1.807, 2.05) is 13.0 Å². The molecule has 0 aliphatic rings. The van der Waals surface area contributed by atoms with E-state index in [1.165, 1.54) is 12.1 Å². The van der Waals surface area contributed by atoms with Crippen molar-refractivity contribution in [2.24, 2.45) is 0 Å². The average molecular weight is 282 g/mol. The molecule has 3 N–H and O–H groups in total. The van der Waals surface area contributed by atoms with Gasteiger partial charge in [0, 0.05) is 11.8 Å². The smallest absolute Gasteiger partial charge is 0.337 e. The Morgan fingerprint density at radius 2 is 1.95 bits per heavy atom. The lowest BCUT2D eigenvalue weighted by Crippen LogP contribution is -2.15. The van der Waals surface area contributed by atoms with E-state index < -0.39 is 5.97 Å². The number of carboxylic acid groups (broad SMARTS) is 1. The zero-order valence-corrected chi connectivity index (χ0v) is 11.4. The maximum atomic E-state index is 12.1. The summed E-state index contributed by atoms with van der Waals surface area (Å²) in [5, 5.41) is 18.9. The third-order valence-electron chi connectivity index (χ3n) is 2.97. The van der Waals surface area contributed by atoms with Crippen LogP contribution in [0, 0.1) is 12.3 Å². The van der Waals surface area contributed by atoms with Crippen molar-refractivity contribution in [3.8, 4) is 0 Å². The van der Waals surface area contributed by atoms with Crippen molar-refractivity contribution >= 4 is 23.8 Å². The minimum Gasteiger partial charge on any atom is -0.478 e. The molecule has 0 aliphatic heterocycles. The molecule has 0 bridgehead atoms. The van der Waals surface area contributed by atoms with E-state index in [-0.39, 0.29) is 17.2 Å². The molecule has 2 rings (SSSR count). The Labute approximate surface area is 121 Å². The van der Waals surface area contributed by atoms with Gasteiger partial charge in [0.05, 0.1) is 11.3 Å². The van der Waals surface area contributed by atoms with Crippen LogP contribution in [0.25, 0.3) is 0 Å². The Bertz CT molecular complexity index is 723. The highest BCUT2D eigenvalue weighted by atomic mass is 16.4. The van der Waals surface area contributed by atoms with Crippen LogP contribution < -0.4 is 5.32 Å². The van der Waals surface area contributed by atoms with Gasteiger partial charge in [-0.25, -0.2) is 4.79 Å². The van der Waals surface area contributed by atoms with Crippen molar-refractivity contribution < 1.29 is 14.7 Å². The quantitative estimate of drug-likeness (QED) is 0.753. The summed E-state index contributed by atoms with van der Waals surface area (Å²) in [6.07, 6.45) is 1.05. The third kappa shape index (κ3) is 3.33. The lowest BCUT2D eigenvalue weighted by Gasteiger charge is -2.09. The molecule has 0 unspecified atom stereocenters. The molecular formula is C16H14N2O3. The number of rotatable bonds is 4. The maximum Gasteiger partial charge on any atom is 0.337 e. The number of carbonyl (C=O) groups is 2. The highest BCUT2D eigenvalue weighted by Crippen LogP contribution is 2.18. The summed E-state index contributed by atoms with van der Waals surface area (Å²) in [7, 11) is 0. The first-order valence-electron chi connectivity index (χ1n) is 6.27. The summed E-state index contributed by atoms with van der Waals surface area (Å²) in [5.41, 5.74) is 2.03. The predicted octanol–water partition coefficient (Wildman–Crippen LogP) is 2.94. The molecule has 0 atom stereocenters. The normalized spacial score (nSPS) is 9.95. The van der Waals surface area contributed by atoms with Crippen LogP contribution in [0.4, 0.5) is 5.69 Å². The first-order chi connectivity index (χ1) is 10.0. The zero-order valence-electron chi connectivity index (χ0n) is 11.4. The summed E-state index contributed by atoms with van der Waals surface area (Å²) in [5.74, 6) is -1.53. The number of anilines is 1. The molecule has 2 aromatic rings. The molecule has 0 saturated heterocycles. The van der Waals surface area contributed by atoms with Crippen LogP contribution >= 0.6 is 0 Å². The molecule has 0 spiro atoms. The van der Waals surface area contributed by atoms with Crippen molar-refractivity contribution in [3.63, 3.8) is 0 Å². The number of benzene rings is 2. The van der Waals surface area contributed by atoms with Gasteiger partial charge in [-0.15, -0.1) is 0 Å². The lowest BCUT2D eigenvalue weighted by molar-refractivity contribution is 0.0698. The van der Waals surface area contributed by atoms with Crippen LogP contribution in [0.3, 0.4) is 0 Å². The van der Waals surface area contributed by atoms with E-state index in [1.54, 1.807) is 24.3 Å². The van der Waals surface area contributed by atoms with Crippen LogP contribution in [0.5, 0.6) is 0 Å². The number of aromatic carboxylic acids is 1. The molecule has 0 radical (unpaired) electrons. The Morgan fingerprint density at radius 3 is 2.57 bits per heavy atom. The highest BCUT2D eigenvalue weighted by molar-refractivity contribution is 6.08. The first-order valence-corrected chi connectivity index (χ1v) is 6.27. The standard InChI is InChI=1S/C16H14N2O3/c1-10-3-2-4-12(7-10)15(19)18-14-6-5-11(9-17)8-13(14)16(20)21/h2-9,17H,1H3,(H,18,19)(H,20,21). The molecule has 0 aromatic heterocycles. The van der Waals surface area contributed by atoms with Crippen LogP contribution in [-0.2, 0) is 0 Å². The van der Waals surface area contributed by atoms with Gasteiger partial charge in [0.25, 0.3) is 5.91 Å². The fourth-order valence-electron chi connectivity index (χ4n) is 1.92. The second kappa shape index (κ2) is 6.00. The number of hydrogen-bond acceptors (Lipinski definition) is 3. The molecule has 1 amide bonds. The highest BCUT2D eigenvalue weighted by Gasteiger charge is 2.14. The van der Waals surface area contributed by atoms with Crippen molar-refractivity contribution in [1.82, 2.24) is 0 Å². The van der Waals surface area contributed by atoms with Gasteiger partial charge in [0.2, 0.25) is 0 Å². The molecule has 0 saturated carbocycles. The van der Waals surface area contributed by atoms with Crippen LogP contribution in [-0.4, -0.2) is 23.2 Å². The first kappa shape index (κ1) is 14.5. The zero-order chi connectivity index (χ0) is 15.4. The van der Waals surface area contributed by atoms with Crippen LogP contribution in [0.15, 0.2) is 42.5 Å². The number of amides is 1. The largest absolute Gasteiger partial charge is 0.478 e. The molecule has 5 nitrogen and oxygen atoms in total. The van der Waals surface area contributed by atoms with E-state index in [9.17, 15) is 14.7 Å². The second-order valence-electron chi connectivity index (χ2n) is 4.58. The molecule has 106 valence electrons. The number of carboxylic acids is 1. The Balaban J connectivity index is 2.33. The molecule has 21 heavy (non-hydrogen) atoms. The summed E-state index contributed by atoms with van der Waals surface area (Å²) in [4.78, 5) is 23.4. The van der Waals surface area contributed by atoms with Crippen molar-refractivity contribution in [1.29, 1.82) is 5.41 Å². The molecular weight excluding hydrogens is 268 g/mol. The second-order valence-corrected chi connectivity index (χ2v) is 4.58. The van der Waals surface area contributed by atoms with Gasteiger partial charge < -0.3 is 15.8 Å². The Morgan fingerprint density at radius 1 is 1.19 bits per heavy atom. The molecule has 0 fully saturated rings. The minimum absolute atomic E-state index is 0.0444. The fourth-order valence-corrected chi connectivity index (χ4v) is 1.92. The van der Waals surface area contributed by atoms with Gasteiger partial charge in [-0.05, 0) is 36.8 Å². The SMILES string of the molecule is Cc1cccc(C(=O)Nc2ccc(C=N)cc2C(=O)O)c1. The van der Waals surface area contributed by atoms with Gasteiger partial charge in [-0.2, -0.15) is 0 Å². The van der Waals surface area contributed by atoms with Crippen LogP contribution in [0.2, 0.25) is 0 Å². The lowest BCUT2D eigenvalue weighted by atomic mass is 10.1. The van der Waals surface area contributed by atoms with Gasteiger partial charge in [0.1, 0.15) is 0 Å². The van der Waals surface area contributed by atoms with E-state index in [0.717, 1.165) is 11.8 Å². The summed E-state index contributed by atoms with van der Waals surface area (Å²) < 4.78 is 0. The average Bonchev–Trinajstić information content (AvgIpc) is 2.47. The van der Waals surface area contributed by atoms with Crippen molar-refractivity contribution in [2.75, 3.05) is 5.32 Å². The summed E-state index contributed by atoms with van der Waals surface area (Å²) >= 11 is 0. The van der Waals surface area contributed by atoms with E-state index in [4.69, 9.17) is 5.41 Å². The Kier molecular flexibility index (Phi) is 4.13. The fraction of sp³-hybridized carbons (Fsp3) is 0.0625. The molecule has 0 aliphatic carbocycles. The van der Waals surface area contributed by atoms with Gasteiger partial charge in [-0.1, -0.05) is 23.8 Å². The molecule has 0 heterocycles. The van der Waals surface area contributed by atoms with Crippen molar-refractivity contribution in [2.45, 2.75) is 6.92 Å². The van der Waals surface area contributed by atoms with E-state index >= 15 is 0 Å². The summed E-state index contributed by atoms with van der Waals surface area (Å²) in [6.45, 7) is 1.87. The Hall–Kier alpha value is -2.95. The van der Waals surface area contributed by atoms with Gasteiger partial charge in [0.15, 0.2) is 0 Å². The van der Waals surface area contributed by atoms with Gasteiger partial charge >= 0.3 is 5.97 Å². The monoisotopic (exact) mass is 282 g/mol. The molecule has 2 aromatic carbocycles. The summed E-state index contributed by atoms with van der Waals surface area (Å²) in [6, 6.07) is 11.4.